The molecule has 1 N–H and O–H groups in total. The van der Waals surface area contributed by atoms with E-state index in [-0.39, 0.29) is 11.4 Å². The van der Waals surface area contributed by atoms with E-state index in [1.807, 2.05) is 6.07 Å². The van der Waals surface area contributed by atoms with E-state index in [9.17, 15) is 14.9 Å². The van der Waals surface area contributed by atoms with E-state index in [0.29, 0.717) is 22.6 Å². The normalized spacial score (nSPS) is 10.2. The van der Waals surface area contributed by atoms with E-state index in [2.05, 4.69) is 15.6 Å². The van der Waals surface area contributed by atoms with Gasteiger partial charge in [0.1, 0.15) is 6.07 Å². The van der Waals surface area contributed by atoms with Crippen molar-refractivity contribution in [1.29, 1.82) is 5.26 Å². The number of rotatable bonds is 4. The van der Waals surface area contributed by atoms with Crippen LogP contribution in [0.3, 0.4) is 0 Å². The van der Waals surface area contributed by atoms with E-state index in [1.54, 1.807) is 37.3 Å². The van der Waals surface area contributed by atoms with Crippen LogP contribution in [0.15, 0.2) is 48.5 Å². The van der Waals surface area contributed by atoms with Crippen molar-refractivity contribution in [2.24, 2.45) is 0 Å². The van der Waals surface area contributed by atoms with E-state index in [0.717, 1.165) is 0 Å². The van der Waals surface area contributed by atoms with E-state index in [1.165, 1.54) is 22.9 Å². The molecule has 1 aromatic heterocycles. The molecule has 0 saturated heterocycles. The van der Waals surface area contributed by atoms with Crippen molar-refractivity contribution in [3.05, 3.63) is 75.6 Å². The fraction of sp³-hybridized carbons (Fsp3) is 0.0588. The Balaban J connectivity index is 1.92. The van der Waals surface area contributed by atoms with Crippen molar-refractivity contribution >= 4 is 17.3 Å². The molecule has 9 heteroatoms. The molecule has 0 atom stereocenters. The number of benzene rings is 2. The molecule has 1 amide bonds. The predicted octanol–water partition coefficient (Wildman–Crippen LogP) is 2.61. The zero-order chi connectivity index (χ0) is 18.7. The number of nitriles is 1. The van der Waals surface area contributed by atoms with Crippen molar-refractivity contribution in [1.82, 2.24) is 15.0 Å². The molecular weight excluding hydrogens is 336 g/mol. The Morgan fingerprint density at radius 2 is 2.04 bits per heavy atom. The molecule has 0 aliphatic heterocycles. The Bertz CT molecular complexity index is 1050. The fourth-order valence-corrected chi connectivity index (χ4v) is 2.39. The summed E-state index contributed by atoms with van der Waals surface area (Å²) in [6, 6.07) is 14.4. The summed E-state index contributed by atoms with van der Waals surface area (Å²) in [5.41, 5.74) is 1.49. The SMILES string of the molecule is Cc1c(C(=O)Nc2ccccc2C#N)nnn1-c1cccc([N+](=O)[O-])c1. The van der Waals surface area contributed by atoms with Gasteiger partial charge < -0.3 is 5.32 Å². The monoisotopic (exact) mass is 348 g/mol. The van der Waals surface area contributed by atoms with Crippen LogP contribution in [0.2, 0.25) is 0 Å². The number of nitro benzene ring substituents is 1. The number of hydrogen-bond donors (Lipinski definition) is 1. The third-order valence-electron chi connectivity index (χ3n) is 3.69. The maximum Gasteiger partial charge on any atom is 0.278 e. The van der Waals surface area contributed by atoms with Crippen LogP contribution in [0.25, 0.3) is 5.69 Å². The molecule has 2 aromatic carbocycles. The van der Waals surface area contributed by atoms with Gasteiger partial charge in [-0.25, -0.2) is 4.68 Å². The number of anilines is 1. The minimum Gasteiger partial charge on any atom is -0.319 e. The number of carbonyl (C=O) groups excluding carboxylic acids is 1. The number of amides is 1. The highest BCUT2D eigenvalue weighted by atomic mass is 16.6. The van der Waals surface area contributed by atoms with E-state index >= 15 is 0 Å². The average molecular weight is 348 g/mol. The first-order valence-corrected chi connectivity index (χ1v) is 7.49. The van der Waals surface area contributed by atoms with Crippen LogP contribution in [0.1, 0.15) is 21.7 Å². The maximum atomic E-state index is 12.5. The topological polar surface area (TPSA) is 127 Å². The predicted molar refractivity (Wildman–Crippen MR) is 91.9 cm³/mol. The highest BCUT2D eigenvalue weighted by Gasteiger charge is 2.19. The third-order valence-corrected chi connectivity index (χ3v) is 3.69. The van der Waals surface area contributed by atoms with Crippen molar-refractivity contribution in [3.8, 4) is 11.8 Å². The molecule has 1 heterocycles. The summed E-state index contributed by atoms with van der Waals surface area (Å²) in [6.07, 6.45) is 0. The van der Waals surface area contributed by atoms with Crippen LogP contribution in [0, 0.1) is 28.4 Å². The first kappa shape index (κ1) is 16.8. The number of para-hydroxylation sites is 1. The molecule has 128 valence electrons. The molecule has 0 unspecified atom stereocenters. The Kier molecular flexibility index (Phi) is 4.40. The zero-order valence-electron chi connectivity index (χ0n) is 13.6. The number of hydrogen-bond acceptors (Lipinski definition) is 6. The second-order valence-electron chi connectivity index (χ2n) is 5.32. The molecule has 0 aliphatic rings. The standard InChI is InChI=1S/C17H12N6O3/c1-11-16(17(24)19-15-8-3-2-5-12(15)10-18)20-21-22(11)13-6-4-7-14(9-13)23(25)26/h2-9H,1H3,(H,19,24). The van der Waals surface area contributed by atoms with Crippen molar-refractivity contribution < 1.29 is 9.72 Å². The molecule has 3 aromatic rings. The number of non-ortho nitro benzene ring substituents is 1. The maximum absolute atomic E-state index is 12.5. The summed E-state index contributed by atoms with van der Waals surface area (Å²) in [5, 5.41) is 30.4. The van der Waals surface area contributed by atoms with Crippen LogP contribution < -0.4 is 5.32 Å². The van der Waals surface area contributed by atoms with Gasteiger partial charge in [0, 0.05) is 12.1 Å². The number of carbonyl (C=O) groups is 1. The van der Waals surface area contributed by atoms with Gasteiger partial charge in [0.2, 0.25) is 0 Å². The lowest BCUT2D eigenvalue weighted by molar-refractivity contribution is -0.384. The Morgan fingerprint density at radius 3 is 2.77 bits per heavy atom. The minimum atomic E-state index is -0.526. The van der Waals surface area contributed by atoms with Gasteiger partial charge in [-0.05, 0) is 25.1 Å². The van der Waals surface area contributed by atoms with E-state index < -0.39 is 10.8 Å². The van der Waals surface area contributed by atoms with Crippen LogP contribution in [-0.2, 0) is 0 Å². The number of nitrogens with zero attached hydrogens (tertiary/aromatic N) is 5. The molecule has 0 aliphatic carbocycles. The first-order valence-electron chi connectivity index (χ1n) is 7.49. The van der Waals surface area contributed by atoms with Gasteiger partial charge >= 0.3 is 0 Å². The Labute approximate surface area is 147 Å². The van der Waals surface area contributed by atoms with Crippen molar-refractivity contribution in [3.63, 3.8) is 0 Å². The fourth-order valence-electron chi connectivity index (χ4n) is 2.39. The second-order valence-corrected chi connectivity index (χ2v) is 5.32. The van der Waals surface area contributed by atoms with Crippen LogP contribution in [0.4, 0.5) is 11.4 Å². The van der Waals surface area contributed by atoms with Gasteiger partial charge in [-0.15, -0.1) is 5.10 Å². The van der Waals surface area contributed by atoms with Crippen molar-refractivity contribution in [2.75, 3.05) is 5.32 Å². The number of aromatic nitrogens is 3. The summed E-state index contributed by atoms with van der Waals surface area (Å²) in [7, 11) is 0. The second kappa shape index (κ2) is 6.82. The molecule has 3 rings (SSSR count). The average Bonchev–Trinajstić information content (AvgIpc) is 3.03. The minimum absolute atomic E-state index is 0.0595. The first-order chi connectivity index (χ1) is 12.5. The van der Waals surface area contributed by atoms with Gasteiger partial charge in [0.15, 0.2) is 5.69 Å². The Morgan fingerprint density at radius 1 is 1.27 bits per heavy atom. The summed E-state index contributed by atoms with van der Waals surface area (Å²) < 4.78 is 1.35. The van der Waals surface area contributed by atoms with Gasteiger partial charge in [0.05, 0.1) is 27.6 Å². The van der Waals surface area contributed by atoms with Crippen LogP contribution >= 0.6 is 0 Å². The summed E-state index contributed by atoms with van der Waals surface area (Å²) in [4.78, 5) is 22.9. The lowest BCUT2D eigenvalue weighted by Gasteiger charge is -2.06. The third kappa shape index (κ3) is 3.11. The lowest BCUT2D eigenvalue weighted by atomic mass is 10.2. The van der Waals surface area contributed by atoms with Crippen molar-refractivity contribution in [2.45, 2.75) is 6.92 Å². The molecule has 0 saturated carbocycles. The number of nitrogens with one attached hydrogen (secondary N) is 1. The zero-order valence-corrected chi connectivity index (χ0v) is 13.6. The summed E-state index contributed by atoms with van der Waals surface area (Å²) in [5.74, 6) is -0.526. The largest absolute Gasteiger partial charge is 0.319 e. The lowest BCUT2D eigenvalue weighted by Crippen LogP contribution is -2.15. The highest BCUT2D eigenvalue weighted by molar-refractivity contribution is 6.04. The molecular formula is C17H12N6O3. The smallest absolute Gasteiger partial charge is 0.278 e. The van der Waals surface area contributed by atoms with Crippen LogP contribution in [0.5, 0.6) is 0 Å². The highest BCUT2D eigenvalue weighted by Crippen LogP contribution is 2.19. The molecule has 0 spiro atoms. The molecule has 9 nitrogen and oxygen atoms in total. The molecule has 0 fully saturated rings. The summed E-state index contributed by atoms with van der Waals surface area (Å²) >= 11 is 0. The summed E-state index contributed by atoms with van der Waals surface area (Å²) in [6.45, 7) is 1.63. The quantitative estimate of drug-likeness (QED) is 0.570. The van der Waals surface area contributed by atoms with Gasteiger partial charge in [-0.1, -0.05) is 23.4 Å². The number of nitro groups is 1. The Hall–Kier alpha value is -4.06. The van der Waals surface area contributed by atoms with Gasteiger partial charge in [-0.2, -0.15) is 5.26 Å². The van der Waals surface area contributed by atoms with Gasteiger partial charge in [-0.3, -0.25) is 14.9 Å². The molecule has 0 radical (unpaired) electrons. The van der Waals surface area contributed by atoms with Crippen LogP contribution in [-0.4, -0.2) is 25.8 Å². The molecule has 0 bridgehead atoms. The van der Waals surface area contributed by atoms with E-state index in [4.69, 9.17) is 5.26 Å². The molecule has 26 heavy (non-hydrogen) atoms. The van der Waals surface area contributed by atoms with Gasteiger partial charge in [0.25, 0.3) is 11.6 Å².